The van der Waals surface area contributed by atoms with Gasteiger partial charge in [0, 0.05) is 48.9 Å². The molecule has 4 rings (SSSR count). The van der Waals surface area contributed by atoms with Crippen molar-refractivity contribution in [3.05, 3.63) is 66.0 Å². The SMILES string of the molecule is O=C(NCc1ccncc1)[C@H]1C[C@]12CCN(C(=O)c1ccccc1)C2. The van der Waals surface area contributed by atoms with Crippen LogP contribution in [0.15, 0.2) is 54.9 Å². The van der Waals surface area contributed by atoms with Crippen molar-refractivity contribution in [2.75, 3.05) is 13.1 Å². The van der Waals surface area contributed by atoms with Crippen molar-refractivity contribution >= 4 is 11.8 Å². The van der Waals surface area contributed by atoms with Crippen molar-refractivity contribution in [2.24, 2.45) is 11.3 Å². The second-order valence-corrected chi connectivity index (χ2v) is 7.04. The lowest BCUT2D eigenvalue weighted by Gasteiger charge is -2.16. The number of carbonyl (C=O) groups is 2. The third-order valence-corrected chi connectivity index (χ3v) is 5.42. The Balaban J connectivity index is 1.33. The van der Waals surface area contributed by atoms with Crippen LogP contribution in [0.2, 0.25) is 0 Å². The van der Waals surface area contributed by atoms with Gasteiger partial charge in [-0.1, -0.05) is 18.2 Å². The molecule has 5 nitrogen and oxygen atoms in total. The van der Waals surface area contributed by atoms with E-state index < -0.39 is 0 Å². The summed E-state index contributed by atoms with van der Waals surface area (Å²) in [5.74, 6) is 0.203. The summed E-state index contributed by atoms with van der Waals surface area (Å²) in [6.45, 7) is 1.95. The summed E-state index contributed by atoms with van der Waals surface area (Å²) >= 11 is 0. The summed E-state index contributed by atoms with van der Waals surface area (Å²) in [6.07, 6.45) is 5.25. The second-order valence-electron chi connectivity index (χ2n) is 7.04. The molecule has 0 radical (unpaired) electrons. The minimum absolute atomic E-state index is 0.00718. The van der Waals surface area contributed by atoms with Crippen molar-refractivity contribution in [3.63, 3.8) is 0 Å². The van der Waals surface area contributed by atoms with E-state index in [1.165, 1.54) is 0 Å². The maximum Gasteiger partial charge on any atom is 0.253 e. The van der Waals surface area contributed by atoms with E-state index in [4.69, 9.17) is 0 Å². The van der Waals surface area contributed by atoms with Gasteiger partial charge in [-0.2, -0.15) is 0 Å². The van der Waals surface area contributed by atoms with E-state index in [0.717, 1.165) is 30.5 Å². The molecule has 1 aromatic heterocycles. The van der Waals surface area contributed by atoms with Crippen LogP contribution >= 0.6 is 0 Å². The van der Waals surface area contributed by atoms with E-state index in [1.807, 2.05) is 47.4 Å². The van der Waals surface area contributed by atoms with Gasteiger partial charge in [-0.15, -0.1) is 0 Å². The van der Waals surface area contributed by atoms with Gasteiger partial charge in [0.05, 0.1) is 0 Å². The minimum atomic E-state index is -0.00718. The van der Waals surface area contributed by atoms with Crippen molar-refractivity contribution < 1.29 is 9.59 Å². The smallest absolute Gasteiger partial charge is 0.253 e. The molecule has 1 spiro atoms. The van der Waals surface area contributed by atoms with Crippen LogP contribution in [-0.2, 0) is 11.3 Å². The van der Waals surface area contributed by atoms with Crippen LogP contribution in [0.5, 0.6) is 0 Å². The summed E-state index contributed by atoms with van der Waals surface area (Å²) in [4.78, 5) is 30.9. The molecule has 0 unspecified atom stereocenters. The number of likely N-dealkylation sites (tertiary alicyclic amines) is 1. The highest BCUT2D eigenvalue weighted by Crippen LogP contribution is 2.58. The average Bonchev–Trinajstić information content (AvgIpc) is 3.21. The predicted molar refractivity (Wildman–Crippen MR) is 93.6 cm³/mol. The van der Waals surface area contributed by atoms with Crippen LogP contribution in [-0.4, -0.2) is 34.8 Å². The first-order valence-corrected chi connectivity index (χ1v) is 8.69. The number of carbonyl (C=O) groups excluding carboxylic acids is 2. The molecule has 1 saturated heterocycles. The zero-order valence-corrected chi connectivity index (χ0v) is 14.0. The average molecular weight is 335 g/mol. The van der Waals surface area contributed by atoms with Gasteiger partial charge in [0.25, 0.3) is 5.91 Å². The highest BCUT2D eigenvalue weighted by atomic mass is 16.2. The van der Waals surface area contributed by atoms with Crippen LogP contribution in [0, 0.1) is 11.3 Å². The van der Waals surface area contributed by atoms with E-state index in [-0.39, 0.29) is 23.1 Å². The standard InChI is InChI=1S/C20H21N3O2/c24-18(22-13-15-6-9-21-10-7-15)17-12-20(17)8-11-23(14-20)19(25)16-4-2-1-3-5-16/h1-7,9-10,17H,8,11-14H2,(H,22,24)/t17-,20+/m1/s1. The normalized spacial score (nSPS) is 24.3. The quantitative estimate of drug-likeness (QED) is 0.932. The van der Waals surface area contributed by atoms with Crippen LogP contribution < -0.4 is 5.32 Å². The number of hydrogen-bond donors (Lipinski definition) is 1. The molecule has 1 aliphatic carbocycles. The topological polar surface area (TPSA) is 62.3 Å². The zero-order chi connectivity index (χ0) is 17.3. The Labute approximate surface area is 147 Å². The number of rotatable bonds is 4. The van der Waals surface area contributed by atoms with E-state index in [0.29, 0.717) is 13.1 Å². The fraction of sp³-hybridized carbons (Fsp3) is 0.350. The Morgan fingerprint density at radius 1 is 1.16 bits per heavy atom. The fourth-order valence-corrected chi connectivity index (χ4v) is 3.81. The number of benzene rings is 1. The van der Waals surface area contributed by atoms with Gasteiger partial charge < -0.3 is 10.2 Å². The molecule has 2 aromatic rings. The molecule has 2 heterocycles. The number of amides is 2. The molecule has 1 aromatic carbocycles. The molecule has 25 heavy (non-hydrogen) atoms. The summed E-state index contributed by atoms with van der Waals surface area (Å²) in [5, 5.41) is 3.02. The molecule has 1 N–H and O–H groups in total. The second kappa shape index (κ2) is 6.31. The van der Waals surface area contributed by atoms with Crippen molar-refractivity contribution in [1.29, 1.82) is 0 Å². The number of pyridine rings is 1. The van der Waals surface area contributed by atoms with Crippen LogP contribution in [0.1, 0.15) is 28.8 Å². The predicted octanol–water partition coefficient (Wildman–Crippen LogP) is 2.25. The van der Waals surface area contributed by atoms with Gasteiger partial charge >= 0.3 is 0 Å². The zero-order valence-electron chi connectivity index (χ0n) is 14.0. The third kappa shape index (κ3) is 3.14. The van der Waals surface area contributed by atoms with Crippen LogP contribution in [0.3, 0.4) is 0 Å². The Bertz CT molecular complexity index is 778. The Hall–Kier alpha value is -2.69. The summed E-state index contributed by atoms with van der Waals surface area (Å²) in [5.41, 5.74) is 1.76. The number of aromatic nitrogens is 1. The Morgan fingerprint density at radius 2 is 1.92 bits per heavy atom. The monoisotopic (exact) mass is 335 g/mol. The molecule has 2 fully saturated rings. The van der Waals surface area contributed by atoms with Gasteiger partial charge in [-0.3, -0.25) is 14.6 Å². The van der Waals surface area contributed by atoms with Gasteiger partial charge in [0.15, 0.2) is 0 Å². The lowest BCUT2D eigenvalue weighted by molar-refractivity contribution is -0.123. The molecule has 128 valence electrons. The summed E-state index contributed by atoms with van der Waals surface area (Å²) in [7, 11) is 0. The highest BCUT2D eigenvalue weighted by molar-refractivity contribution is 5.94. The molecule has 1 saturated carbocycles. The van der Waals surface area contributed by atoms with Gasteiger partial charge in [-0.25, -0.2) is 0 Å². The first-order valence-electron chi connectivity index (χ1n) is 8.69. The fourth-order valence-electron chi connectivity index (χ4n) is 3.81. The molecular formula is C20H21N3O2. The van der Waals surface area contributed by atoms with Gasteiger partial charge in [-0.05, 0) is 42.7 Å². The van der Waals surface area contributed by atoms with E-state index in [9.17, 15) is 9.59 Å². The minimum Gasteiger partial charge on any atom is -0.352 e. The lowest BCUT2D eigenvalue weighted by atomic mass is 10.0. The molecule has 0 bridgehead atoms. The molecule has 2 amide bonds. The maximum absolute atomic E-state index is 12.6. The highest BCUT2D eigenvalue weighted by Gasteiger charge is 2.61. The molecular weight excluding hydrogens is 314 g/mol. The maximum atomic E-state index is 12.6. The van der Waals surface area contributed by atoms with Gasteiger partial charge in [0.1, 0.15) is 0 Å². The molecule has 5 heteroatoms. The van der Waals surface area contributed by atoms with Crippen molar-refractivity contribution in [3.8, 4) is 0 Å². The van der Waals surface area contributed by atoms with E-state index in [2.05, 4.69) is 10.3 Å². The van der Waals surface area contributed by atoms with Crippen LogP contribution in [0.4, 0.5) is 0 Å². The Kier molecular flexibility index (Phi) is 3.99. The Morgan fingerprint density at radius 3 is 2.68 bits per heavy atom. The van der Waals surface area contributed by atoms with Gasteiger partial charge in [0.2, 0.25) is 5.91 Å². The first-order chi connectivity index (χ1) is 12.2. The molecule has 2 atom stereocenters. The van der Waals surface area contributed by atoms with E-state index >= 15 is 0 Å². The van der Waals surface area contributed by atoms with E-state index in [1.54, 1.807) is 12.4 Å². The molecule has 1 aliphatic heterocycles. The molecule has 2 aliphatic rings. The summed E-state index contributed by atoms with van der Waals surface area (Å²) in [6, 6.07) is 13.2. The number of nitrogens with zero attached hydrogens (tertiary/aromatic N) is 2. The van der Waals surface area contributed by atoms with Crippen molar-refractivity contribution in [2.45, 2.75) is 19.4 Å². The lowest BCUT2D eigenvalue weighted by Crippen LogP contribution is -2.31. The largest absolute Gasteiger partial charge is 0.352 e. The summed E-state index contributed by atoms with van der Waals surface area (Å²) < 4.78 is 0. The van der Waals surface area contributed by atoms with Crippen molar-refractivity contribution in [1.82, 2.24) is 15.2 Å². The van der Waals surface area contributed by atoms with Crippen LogP contribution in [0.25, 0.3) is 0 Å². The third-order valence-electron chi connectivity index (χ3n) is 5.42. The number of hydrogen-bond acceptors (Lipinski definition) is 3. The first kappa shape index (κ1) is 15.8. The number of nitrogens with one attached hydrogen (secondary N) is 1.